The number of anilines is 2. The highest BCUT2D eigenvalue weighted by Crippen LogP contribution is 2.18. The molecular formula is C23H22N2O4. The van der Waals surface area contributed by atoms with Crippen LogP contribution in [0.15, 0.2) is 78.9 Å². The molecule has 29 heavy (non-hydrogen) atoms. The number of ether oxygens (including phenoxy) is 2. The molecule has 2 N–H and O–H groups in total. The van der Waals surface area contributed by atoms with E-state index in [1.54, 1.807) is 74.7 Å². The highest BCUT2D eigenvalue weighted by molar-refractivity contribution is 6.04. The minimum Gasteiger partial charge on any atom is -0.497 e. The molecule has 148 valence electrons. The van der Waals surface area contributed by atoms with Crippen LogP contribution in [0.5, 0.6) is 11.5 Å². The van der Waals surface area contributed by atoms with Crippen LogP contribution in [0, 0.1) is 0 Å². The molecule has 2 amide bonds. The van der Waals surface area contributed by atoms with Gasteiger partial charge in [0.1, 0.15) is 11.5 Å². The van der Waals surface area contributed by atoms with Gasteiger partial charge >= 0.3 is 0 Å². The molecule has 0 aliphatic heterocycles. The first-order valence-electron chi connectivity index (χ1n) is 9.13. The van der Waals surface area contributed by atoms with Gasteiger partial charge in [-0.15, -0.1) is 0 Å². The van der Waals surface area contributed by atoms with Gasteiger partial charge in [-0.1, -0.05) is 18.2 Å². The van der Waals surface area contributed by atoms with E-state index in [9.17, 15) is 9.59 Å². The normalized spacial score (nSPS) is 11.2. The van der Waals surface area contributed by atoms with Gasteiger partial charge in [-0.2, -0.15) is 0 Å². The Morgan fingerprint density at radius 2 is 1.34 bits per heavy atom. The second kappa shape index (κ2) is 9.41. The van der Waals surface area contributed by atoms with E-state index >= 15 is 0 Å². The molecular weight excluding hydrogens is 368 g/mol. The van der Waals surface area contributed by atoms with Gasteiger partial charge in [-0.3, -0.25) is 9.59 Å². The van der Waals surface area contributed by atoms with Gasteiger partial charge in [0.05, 0.1) is 7.11 Å². The van der Waals surface area contributed by atoms with E-state index in [1.807, 2.05) is 18.2 Å². The summed E-state index contributed by atoms with van der Waals surface area (Å²) in [5.74, 6) is 0.728. The lowest BCUT2D eigenvalue weighted by Crippen LogP contribution is -2.30. The maximum atomic E-state index is 12.4. The second-order valence-corrected chi connectivity index (χ2v) is 6.32. The lowest BCUT2D eigenvalue weighted by atomic mass is 10.2. The molecule has 0 bridgehead atoms. The summed E-state index contributed by atoms with van der Waals surface area (Å²) >= 11 is 0. The first-order valence-corrected chi connectivity index (χ1v) is 9.13. The van der Waals surface area contributed by atoms with Crippen LogP contribution in [0.2, 0.25) is 0 Å². The predicted octanol–water partition coefficient (Wildman–Crippen LogP) is 4.35. The van der Waals surface area contributed by atoms with Gasteiger partial charge in [0.15, 0.2) is 6.10 Å². The Morgan fingerprint density at radius 3 is 1.97 bits per heavy atom. The van der Waals surface area contributed by atoms with Crippen LogP contribution >= 0.6 is 0 Å². The van der Waals surface area contributed by atoms with E-state index in [0.29, 0.717) is 22.7 Å². The molecule has 3 rings (SSSR count). The Hall–Kier alpha value is -3.80. The largest absolute Gasteiger partial charge is 0.497 e. The van der Waals surface area contributed by atoms with Gasteiger partial charge in [-0.25, -0.2) is 0 Å². The Balaban J connectivity index is 1.56. The number of hydrogen-bond acceptors (Lipinski definition) is 4. The van der Waals surface area contributed by atoms with Crippen molar-refractivity contribution in [3.8, 4) is 11.5 Å². The summed E-state index contributed by atoms with van der Waals surface area (Å²) in [6, 6.07) is 22.9. The summed E-state index contributed by atoms with van der Waals surface area (Å²) in [5, 5.41) is 5.61. The number of hydrogen-bond donors (Lipinski definition) is 2. The van der Waals surface area contributed by atoms with Crippen molar-refractivity contribution < 1.29 is 19.1 Å². The standard InChI is InChI=1S/C23H22N2O4/c1-16(22(26)24-18-6-4-3-5-7-18)29-21-12-8-17(9-13-21)23(27)25-19-10-14-20(28-2)15-11-19/h3-16H,1-2H3,(H,24,26)(H,25,27)/t16-/m0/s1. The maximum Gasteiger partial charge on any atom is 0.265 e. The SMILES string of the molecule is COc1ccc(NC(=O)c2ccc(O[C@@H](C)C(=O)Nc3ccccc3)cc2)cc1. The molecule has 0 aromatic heterocycles. The van der Waals surface area contributed by atoms with Crippen LogP contribution in [-0.4, -0.2) is 25.0 Å². The van der Waals surface area contributed by atoms with E-state index in [4.69, 9.17) is 9.47 Å². The Kier molecular flexibility index (Phi) is 6.47. The van der Waals surface area contributed by atoms with E-state index < -0.39 is 6.10 Å². The first kappa shape index (κ1) is 19.9. The van der Waals surface area contributed by atoms with E-state index in [-0.39, 0.29) is 11.8 Å². The molecule has 6 heteroatoms. The Morgan fingerprint density at radius 1 is 0.759 bits per heavy atom. The molecule has 0 fully saturated rings. The molecule has 1 atom stereocenters. The topological polar surface area (TPSA) is 76.7 Å². The summed E-state index contributed by atoms with van der Waals surface area (Å²) in [5.41, 5.74) is 1.86. The van der Waals surface area contributed by atoms with Crippen LogP contribution in [-0.2, 0) is 4.79 Å². The molecule has 0 aliphatic carbocycles. The van der Waals surface area contributed by atoms with Crippen LogP contribution in [0.3, 0.4) is 0 Å². The zero-order chi connectivity index (χ0) is 20.6. The quantitative estimate of drug-likeness (QED) is 0.629. The predicted molar refractivity (Wildman–Crippen MR) is 113 cm³/mol. The fraction of sp³-hybridized carbons (Fsp3) is 0.130. The minimum atomic E-state index is -0.686. The molecule has 3 aromatic carbocycles. The summed E-state index contributed by atoms with van der Waals surface area (Å²) in [7, 11) is 1.59. The monoisotopic (exact) mass is 390 g/mol. The Labute approximate surface area is 169 Å². The number of para-hydroxylation sites is 1. The van der Waals surface area contributed by atoms with Gasteiger partial charge in [0, 0.05) is 16.9 Å². The fourth-order valence-electron chi connectivity index (χ4n) is 2.59. The average molecular weight is 390 g/mol. The smallest absolute Gasteiger partial charge is 0.265 e. The van der Waals surface area contributed by atoms with Crippen LogP contribution < -0.4 is 20.1 Å². The molecule has 0 spiro atoms. The number of amides is 2. The first-order chi connectivity index (χ1) is 14.0. The fourth-order valence-corrected chi connectivity index (χ4v) is 2.59. The lowest BCUT2D eigenvalue weighted by molar-refractivity contribution is -0.122. The van der Waals surface area contributed by atoms with Crippen molar-refractivity contribution in [2.45, 2.75) is 13.0 Å². The van der Waals surface area contributed by atoms with E-state index in [1.165, 1.54) is 0 Å². The third-order valence-electron chi connectivity index (χ3n) is 4.19. The third-order valence-corrected chi connectivity index (χ3v) is 4.19. The molecule has 0 saturated heterocycles. The molecule has 0 aliphatic rings. The van der Waals surface area contributed by atoms with Gasteiger partial charge in [-0.05, 0) is 67.6 Å². The van der Waals surface area contributed by atoms with Crippen molar-refractivity contribution in [1.29, 1.82) is 0 Å². The van der Waals surface area contributed by atoms with Crippen molar-refractivity contribution in [2.24, 2.45) is 0 Å². The Bertz CT molecular complexity index is 954. The van der Waals surface area contributed by atoms with E-state index in [2.05, 4.69) is 10.6 Å². The lowest BCUT2D eigenvalue weighted by Gasteiger charge is -2.15. The molecule has 0 unspecified atom stereocenters. The molecule has 0 saturated carbocycles. The minimum absolute atomic E-state index is 0.239. The molecule has 0 heterocycles. The number of nitrogens with one attached hydrogen (secondary N) is 2. The number of carbonyl (C=O) groups excluding carboxylic acids is 2. The van der Waals surface area contributed by atoms with Gasteiger partial charge < -0.3 is 20.1 Å². The van der Waals surface area contributed by atoms with Gasteiger partial charge in [0.2, 0.25) is 0 Å². The van der Waals surface area contributed by atoms with Crippen molar-refractivity contribution in [1.82, 2.24) is 0 Å². The van der Waals surface area contributed by atoms with Crippen molar-refractivity contribution in [2.75, 3.05) is 17.7 Å². The van der Waals surface area contributed by atoms with Crippen molar-refractivity contribution in [3.05, 3.63) is 84.4 Å². The maximum absolute atomic E-state index is 12.4. The average Bonchev–Trinajstić information content (AvgIpc) is 2.75. The van der Waals surface area contributed by atoms with Crippen molar-refractivity contribution in [3.63, 3.8) is 0 Å². The van der Waals surface area contributed by atoms with Crippen molar-refractivity contribution >= 4 is 23.2 Å². The zero-order valence-electron chi connectivity index (χ0n) is 16.2. The highest BCUT2D eigenvalue weighted by Gasteiger charge is 2.15. The van der Waals surface area contributed by atoms with Crippen LogP contribution in [0.4, 0.5) is 11.4 Å². The summed E-state index contributed by atoms with van der Waals surface area (Å²) in [6.45, 7) is 1.67. The number of rotatable bonds is 7. The third kappa shape index (κ3) is 5.59. The summed E-state index contributed by atoms with van der Waals surface area (Å²) in [4.78, 5) is 24.6. The summed E-state index contributed by atoms with van der Waals surface area (Å²) in [6.07, 6.45) is -0.686. The van der Waals surface area contributed by atoms with Gasteiger partial charge in [0.25, 0.3) is 11.8 Å². The van der Waals surface area contributed by atoms with Crippen LogP contribution in [0.1, 0.15) is 17.3 Å². The highest BCUT2D eigenvalue weighted by atomic mass is 16.5. The number of methoxy groups -OCH3 is 1. The number of benzene rings is 3. The molecule has 0 radical (unpaired) electrons. The molecule has 6 nitrogen and oxygen atoms in total. The van der Waals surface area contributed by atoms with Crippen LogP contribution in [0.25, 0.3) is 0 Å². The van der Waals surface area contributed by atoms with E-state index in [0.717, 1.165) is 5.75 Å². The number of carbonyl (C=O) groups is 2. The zero-order valence-corrected chi connectivity index (χ0v) is 16.2. The summed E-state index contributed by atoms with van der Waals surface area (Å²) < 4.78 is 10.8. The molecule has 3 aromatic rings. The second-order valence-electron chi connectivity index (χ2n) is 6.32.